The van der Waals surface area contributed by atoms with Gasteiger partial charge in [-0.15, -0.1) is 0 Å². The van der Waals surface area contributed by atoms with E-state index in [1.54, 1.807) is 13.8 Å². The summed E-state index contributed by atoms with van der Waals surface area (Å²) in [5.41, 5.74) is 0. The van der Waals surface area contributed by atoms with Crippen molar-refractivity contribution < 1.29 is 19.4 Å². The fraction of sp³-hybridized carbons (Fsp3) is 0.917. The Bertz CT molecular complexity index is 339. The molecular weight excluding hydrogens is 352 g/mol. The zero-order chi connectivity index (χ0) is 21.5. The first kappa shape index (κ1) is 29.1. The predicted octanol–water partition coefficient (Wildman–Crippen LogP) is 7.54. The Morgan fingerprint density at radius 1 is 0.679 bits per heavy atom. The lowest BCUT2D eigenvalue weighted by Crippen LogP contribution is -2.03. The van der Waals surface area contributed by atoms with E-state index in [1.807, 2.05) is 0 Å². The summed E-state index contributed by atoms with van der Waals surface area (Å²) in [6, 6.07) is 0. The fourth-order valence-electron chi connectivity index (χ4n) is 2.87. The number of carbonyl (C=O) groups is 2. The van der Waals surface area contributed by atoms with Gasteiger partial charge in [0, 0.05) is 6.92 Å². The highest BCUT2D eigenvalue weighted by Gasteiger charge is 1.99. The van der Waals surface area contributed by atoms with Crippen LogP contribution in [0, 0.1) is 5.92 Å². The quantitative estimate of drug-likeness (QED) is 0.191. The first-order valence-electron chi connectivity index (χ1n) is 11.8. The molecule has 0 fully saturated rings. The molecule has 0 heterocycles. The Hall–Kier alpha value is -1.06. The van der Waals surface area contributed by atoms with Crippen molar-refractivity contribution in [1.29, 1.82) is 0 Å². The maximum Gasteiger partial charge on any atom is 0.305 e. The summed E-state index contributed by atoms with van der Waals surface area (Å²) in [6.07, 6.45) is 22.0. The molecule has 0 spiro atoms. The highest BCUT2D eigenvalue weighted by atomic mass is 16.5. The van der Waals surface area contributed by atoms with Crippen LogP contribution in [0.1, 0.15) is 130 Å². The summed E-state index contributed by atoms with van der Waals surface area (Å²) in [5, 5.41) is 7.99. The lowest BCUT2D eigenvalue weighted by Gasteiger charge is -2.04. The van der Waals surface area contributed by atoms with Gasteiger partial charge in [-0.2, -0.15) is 0 Å². The van der Waals surface area contributed by atoms with Crippen molar-refractivity contribution in [3.8, 4) is 0 Å². The van der Waals surface area contributed by atoms with Gasteiger partial charge in [0.2, 0.25) is 0 Å². The topological polar surface area (TPSA) is 63.6 Å². The van der Waals surface area contributed by atoms with Gasteiger partial charge in [-0.3, -0.25) is 9.59 Å². The number of esters is 1. The van der Waals surface area contributed by atoms with Crippen molar-refractivity contribution >= 4 is 11.9 Å². The molecule has 0 atom stereocenters. The molecule has 0 saturated carbocycles. The lowest BCUT2D eigenvalue weighted by atomic mass is 10.0. The van der Waals surface area contributed by atoms with Crippen molar-refractivity contribution in [2.45, 2.75) is 130 Å². The van der Waals surface area contributed by atoms with E-state index in [0.29, 0.717) is 6.61 Å². The largest absolute Gasteiger partial charge is 0.481 e. The van der Waals surface area contributed by atoms with Gasteiger partial charge in [0.25, 0.3) is 0 Å². The molecule has 0 saturated heterocycles. The molecular formula is C24H48O4. The van der Waals surface area contributed by atoms with E-state index in [0.717, 1.165) is 6.42 Å². The number of rotatable bonds is 18. The van der Waals surface area contributed by atoms with E-state index in [9.17, 15) is 9.59 Å². The molecule has 0 aliphatic rings. The maximum atomic E-state index is 10.6. The number of aliphatic carboxylic acids is 1. The second-order valence-corrected chi connectivity index (χ2v) is 8.14. The second kappa shape index (κ2) is 24.0. The molecule has 0 unspecified atom stereocenters. The van der Waals surface area contributed by atoms with E-state index < -0.39 is 5.97 Å². The number of carbonyl (C=O) groups excluding carboxylic acids is 1. The predicted molar refractivity (Wildman–Crippen MR) is 119 cm³/mol. The van der Waals surface area contributed by atoms with E-state index in [2.05, 4.69) is 6.92 Å². The van der Waals surface area contributed by atoms with Gasteiger partial charge in [-0.25, -0.2) is 0 Å². The number of ether oxygens (including phenoxy) is 1. The second-order valence-electron chi connectivity index (χ2n) is 8.14. The highest BCUT2D eigenvalue weighted by molar-refractivity contribution is 5.68. The Labute approximate surface area is 174 Å². The zero-order valence-electron chi connectivity index (χ0n) is 19.3. The third-order valence-corrected chi connectivity index (χ3v) is 4.80. The molecule has 0 aromatic rings. The lowest BCUT2D eigenvalue weighted by molar-refractivity contribution is -0.141. The van der Waals surface area contributed by atoms with Gasteiger partial charge in [0.1, 0.15) is 0 Å². The third-order valence-electron chi connectivity index (χ3n) is 4.80. The average Bonchev–Trinajstić information content (AvgIpc) is 2.64. The number of unbranched alkanes of at least 4 members (excludes halogenated alkanes) is 15. The monoisotopic (exact) mass is 400 g/mol. The fourth-order valence-corrected chi connectivity index (χ4v) is 2.87. The minimum absolute atomic E-state index is 0.152. The van der Waals surface area contributed by atoms with E-state index >= 15 is 0 Å². The van der Waals surface area contributed by atoms with Crippen molar-refractivity contribution in [3.05, 3.63) is 0 Å². The third kappa shape index (κ3) is 29.7. The van der Waals surface area contributed by atoms with Crippen LogP contribution in [0.5, 0.6) is 0 Å². The van der Waals surface area contributed by atoms with Crippen LogP contribution in [-0.2, 0) is 14.3 Å². The van der Waals surface area contributed by atoms with E-state index in [4.69, 9.17) is 9.84 Å². The number of carboxylic acid groups (broad SMARTS) is 1. The minimum Gasteiger partial charge on any atom is -0.481 e. The molecule has 0 aliphatic heterocycles. The molecule has 28 heavy (non-hydrogen) atoms. The first-order valence-corrected chi connectivity index (χ1v) is 11.8. The average molecular weight is 401 g/mol. The summed E-state index contributed by atoms with van der Waals surface area (Å²) in [7, 11) is 0. The Morgan fingerprint density at radius 3 is 1.21 bits per heavy atom. The molecule has 4 heteroatoms. The van der Waals surface area contributed by atoms with Gasteiger partial charge < -0.3 is 9.84 Å². The molecule has 0 aliphatic carbocycles. The normalized spacial score (nSPS) is 10.5. The molecule has 0 bridgehead atoms. The number of carboxylic acids is 1. The van der Waals surface area contributed by atoms with Gasteiger partial charge in [0.05, 0.1) is 12.5 Å². The van der Waals surface area contributed by atoms with Crippen LogP contribution in [0.2, 0.25) is 0 Å². The van der Waals surface area contributed by atoms with Gasteiger partial charge in [-0.05, 0) is 6.42 Å². The summed E-state index contributed by atoms with van der Waals surface area (Å²) < 4.78 is 4.92. The van der Waals surface area contributed by atoms with Gasteiger partial charge in [0.15, 0.2) is 0 Å². The van der Waals surface area contributed by atoms with Crippen LogP contribution >= 0.6 is 0 Å². The van der Waals surface area contributed by atoms with Gasteiger partial charge in [-0.1, -0.05) is 117 Å². The molecule has 4 nitrogen and oxygen atoms in total. The van der Waals surface area contributed by atoms with Crippen LogP contribution in [0.3, 0.4) is 0 Å². The minimum atomic E-state index is -0.741. The van der Waals surface area contributed by atoms with Crippen LogP contribution in [-0.4, -0.2) is 23.7 Å². The molecule has 1 N–H and O–H groups in total. The Kier molecular flexibility index (Phi) is 25.0. The molecule has 0 aromatic carbocycles. The highest BCUT2D eigenvalue weighted by Crippen LogP contribution is 2.13. The van der Waals surface area contributed by atoms with E-state index in [1.165, 1.54) is 103 Å². The van der Waals surface area contributed by atoms with Crippen LogP contribution in [0.25, 0.3) is 0 Å². The molecule has 0 amide bonds. The SMILES string of the molecule is CC(C)C(=O)O.CCCCCCCCCCCCCCCCCCOC(C)=O. The smallest absolute Gasteiger partial charge is 0.305 e. The molecule has 0 aromatic heterocycles. The Morgan fingerprint density at radius 2 is 0.964 bits per heavy atom. The molecule has 0 rings (SSSR count). The maximum absolute atomic E-state index is 10.6. The zero-order valence-corrected chi connectivity index (χ0v) is 19.3. The molecule has 0 radical (unpaired) electrons. The van der Waals surface area contributed by atoms with Crippen molar-refractivity contribution in [2.24, 2.45) is 5.92 Å². The van der Waals surface area contributed by atoms with Crippen LogP contribution in [0.4, 0.5) is 0 Å². The van der Waals surface area contributed by atoms with Crippen LogP contribution in [0.15, 0.2) is 0 Å². The summed E-state index contributed by atoms with van der Waals surface area (Å²) in [4.78, 5) is 20.3. The molecule has 168 valence electrons. The standard InChI is InChI=1S/C20H40O2.C4H8O2/c1-3-4-5-6-7-8-9-10-11-12-13-14-15-16-17-18-19-22-20(2)21;1-3(2)4(5)6/h3-19H2,1-2H3;3H,1-2H3,(H,5,6). The van der Waals surface area contributed by atoms with Crippen molar-refractivity contribution in [2.75, 3.05) is 6.61 Å². The van der Waals surface area contributed by atoms with Crippen molar-refractivity contribution in [3.63, 3.8) is 0 Å². The number of hydrogen-bond acceptors (Lipinski definition) is 3. The summed E-state index contributed by atoms with van der Waals surface area (Å²) >= 11 is 0. The van der Waals surface area contributed by atoms with Crippen molar-refractivity contribution in [1.82, 2.24) is 0 Å². The van der Waals surface area contributed by atoms with E-state index in [-0.39, 0.29) is 11.9 Å². The number of hydrogen-bond donors (Lipinski definition) is 1. The summed E-state index contributed by atoms with van der Waals surface area (Å²) in [5.74, 6) is -1.12. The van der Waals surface area contributed by atoms with Crippen LogP contribution < -0.4 is 0 Å². The summed E-state index contributed by atoms with van der Waals surface area (Å²) in [6.45, 7) is 7.65. The van der Waals surface area contributed by atoms with Gasteiger partial charge >= 0.3 is 11.9 Å². The first-order chi connectivity index (χ1) is 13.4. The Balaban J connectivity index is 0.